The highest BCUT2D eigenvalue weighted by Gasteiger charge is 2.82. The molecule has 0 aromatic carbocycles. The summed E-state index contributed by atoms with van der Waals surface area (Å²) in [4.78, 5) is 0. The molecule has 0 saturated heterocycles. The van der Waals surface area contributed by atoms with Crippen molar-refractivity contribution < 1.29 is 5.11 Å². The minimum absolute atomic E-state index is 0. The van der Waals surface area contributed by atoms with E-state index in [0.717, 1.165) is 18.3 Å². The SMILES string of the molecule is CNC(C)[C@H]1[C@H](O)C[C@@]2(C)[C@@H]3CC[C@H]4C(C)(C)C(NC)CC[C@@]45C[C@@]35CC[C@]12C.Cl. The highest BCUT2D eigenvalue weighted by molar-refractivity contribution is 5.85. The third-order valence-corrected chi connectivity index (χ3v) is 12.5. The maximum Gasteiger partial charge on any atom is 0.0594 e. The summed E-state index contributed by atoms with van der Waals surface area (Å²) in [5.41, 5.74) is 2.14. The summed E-state index contributed by atoms with van der Waals surface area (Å²) < 4.78 is 0. The molecule has 5 aliphatic carbocycles. The number of hydrogen-bond acceptors (Lipinski definition) is 3. The smallest absolute Gasteiger partial charge is 0.0594 e. The van der Waals surface area contributed by atoms with E-state index < -0.39 is 0 Å². The molecule has 10 atom stereocenters. The third-order valence-electron chi connectivity index (χ3n) is 12.5. The van der Waals surface area contributed by atoms with Crippen LogP contribution in [0.5, 0.6) is 0 Å². The van der Waals surface area contributed by atoms with Gasteiger partial charge in [0.2, 0.25) is 0 Å². The summed E-state index contributed by atoms with van der Waals surface area (Å²) in [6.07, 6.45) is 10.7. The molecule has 30 heavy (non-hydrogen) atoms. The number of halogens is 1. The Morgan fingerprint density at radius 3 is 2.13 bits per heavy atom. The topological polar surface area (TPSA) is 44.3 Å². The first-order valence-electron chi connectivity index (χ1n) is 12.6. The van der Waals surface area contributed by atoms with Crippen molar-refractivity contribution in [2.24, 2.45) is 44.8 Å². The zero-order chi connectivity index (χ0) is 21.0. The van der Waals surface area contributed by atoms with Crippen LogP contribution in [-0.4, -0.2) is 37.4 Å². The molecular formula is C26H47ClN2O. The monoisotopic (exact) mass is 438 g/mol. The molecule has 5 fully saturated rings. The molecular weight excluding hydrogens is 392 g/mol. The van der Waals surface area contributed by atoms with E-state index in [1.165, 1.54) is 44.9 Å². The molecule has 5 aliphatic rings. The van der Waals surface area contributed by atoms with Crippen molar-refractivity contribution >= 4 is 12.4 Å². The summed E-state index contributed by atoms with van der Waals surface area (Å²) >= 11 is 0. The van der Waals surface area contributed by atoms with Gasteiger partial charge in [0, 0.05) is 18.0 Å². The average Bonchev–Trinajstić information content (AvgIpc) is 3.26. The van der Waals surface area contributed by atoms with Gasteiger partial charge in [0.25, 0.3) is 0 Å². The molecule has 0 aromatic heterocycles. The van der Waals surface area contributed by atoms with Gasteiger partial charge in [-0.3, -0.25) is 0 Å². The number of rotatable bonds is 3. The zero-order valence-electron chi connectivity index (χ0n) is 20.5. The number of aliphatic hydroxyl groups is 1. The van der Waals surface area contributed by atoms with Crippen LogP contribution in [0, 0.1) is 44.8 Å². The average molecular weight is 439 g/mol. The van der Waals surface area contributed by atoms with Crippen molar-refractivity contribution in [3.05, 3.63) is 0 Å². The molecule has 3 nitrogen and oxygen atoms in total. The third kappa shape index (κ3) is 2.40. The fraction of sp³-hybridized carbons (Fsp3) is 1.00. The Morgan fingerprint density at radius 2 is 1.50 bits per heavy atom. The van der Waals surface area contributed by atoms with E-state index in [1.54, 1.807) is 0 Å². The van der Waals surface area contributed by atoms with E-state index in [1.807, 2.05) is 0 Å². The number of nitrogens with one attached hydrogen (secondary N) is 2. The van der Waals surface area contributed by atoms with E-state index in [0.29, 0.717) is 39.7 Å². The van der Waals surface area contributed by atoms with Gasteiger partial charge in [0.15, 0.2) is 0 Å². The van der Waals surface area contributed by atoms with E-state index in [4.69, 9.17) is 0 Å². The molecule has 0 amide bonds. The Bertz CT molecular complexity index is 699. The molecule has 5 rings (SSSR count). The van der Waals surface area contributed by atoms with Crippen LogP contribution in [0.2, 0.25) is 0 Å². The summed E-state index contributed by atoms with van der Waals surface area (Å²) in [6, 6.07) is 1.06. The standard InChI is InChI=1S/C26H46N2O.ClH/c1-16(27-6)21-17(29)14-24(5)19-9-8-18-22(2,3)20(28-7)10-11-25(18)15-26(19,25)13-12-23(21,24)4;/h16-21,27-29H,8-15H2,1-7H3;1H/t16?,17-,18+,19+,20?,21+,23-,24+,25-,26+;/m1./s1. The molecule has 2 unspecified atom stereocenters. The predicted octanol–water partition coefficient (Wildman–Crippen LogP) is 5.01. The lowest BCUT2D eigenvalue weighted by atomic mass is 9.42. The van der Waals surface area contributed by atoms with E-state index >= 15 is 0 Å². The molecule has 0 aromatic rings. The van der Waals surface area contributed by atoms with Gasteiger partial charge < -0.3 is 15.7 Å². The van der Waals surface area contributed by atoms with Crippen molar-refractivity contribution in [3.63, 3.8) is 0 Å². The molecule has 0 radical (unpaired) electrons. The first-order chi connectivity index (χ1) is 13.5. The summed E-state index contributed by atoms with van der Waals surface area (Å²) in [7, 11) is 4.25. The number of fused-ring (bicyclic) bond motifs is 2. The van der Waals surface area contributed by atoms with Gasteiger partial charge in [-0.1, -0.05) is 27.7 Å². The van der Waals surface area contributed by atoms with E-state index in [-0.39, 0.29) is 23.9 Å². The Kier molecular flexibility index (Phi) is 5.32. The Morgan fingerprint density at radius 1 is 0.867 bits per heavy atom. The van der Waals surface area contributed by atoms with Gasteiger partial charge >= 0.3 is 0 Å². The Hall–Kier alpha value is 0.170. The van der Waals surface area contributed by atoms with Gasteiger partial charge in [0.05, 0.1) is 6.10 Å². The summed E-state index contributed by atoms with van der Waals surface area (Å²) in [5, 5.41) is 18.4. The molecule has 0 heterocycles. The van der Waals surface area contributed by atoms with Crippen LogP contribution in [0.25, 0.3) is 0 Å². The van der Waals surface area contributed by atoms with Gasteiger partial charge in [-0.25, -0.2) is 0 Å². The molecule has 4 heteroatoms. The maximum absolute atomic E-state index is 11.3. The predicted molar refractivity (Wildman–Crippen MR) is 127 cm³/mol. The van der Waals surface area contributed by atoms with E-state index in [9.17, 15) is 5.11 Å². The minimum atomic E-state index is -0.147. The van der Waals surface area contributed by atoms with Crippen LogP contribution in [-0.2, 0) is 0 Å². The summed E-state index contributed by atoms with van der Waals surface area (Å²) in [5.74, 6) is 2.08. The fourth-order valence-electron chi connectivity index (χ4n) is 11.1. The normalized spacial score (nSPS) is 56.6. The lowest BCUT2D eigenvalue weighted by Crippen LogP contribution is -2.59. The van der Waals surface area contributed by atoms with Crippen LogP contribution in [0.1, 0.15) is 86.0 Å². The van der Waals surface area contributed by atoms with Crippen molar-refractivity contribution in [1.29, 1.82) is 0 Å². The molecule has 2 spiro atoms. The molecule has 5 saturated carbocycles. The first-order valence-corrected chi connectivity index (χ1v) is 12.6. The summed E-state index contributed by atoms with van der Waals surface area (Å²) in [6.45, 7) is 12.6. The molecule has 174 valence electrons. The van der Waals surface area contributed by atoms with Crippen LogP contribution in [0.4, 0.5) is 0 Å². The van der Waals surface area contributed by atoms with Crippen molar-refractivity contribution in [3.8, 4) is 0 Å². The molecule has 0 bridgehead atoms. The van der Waals surface area contributed by atoms with Crippen LogP contribution in [0.3, 0.4) is 0 Å². The quantitative estimate of drug-likeness (QED) is 0.580. The largest absolute Gasteiger partial charge is 0.393 e. The van der Waals surface area contributed by atoms with Crippen molar-refractivity contribution in [2.75, 3.05) is 14.1 Å². The minimum Gasteiger partial charge on any atom is -0.393 e. The lowest BCUT2D eigenvalue weighted by Gasteiger charge is -2.63. The Labute approximate surface area is 191 Å². The first kappa shape index (κ1) is 23.3. The lowest BCUT2D eigenvalue weighted by molar-refractivity contribution is -0.144. The van der Waals surface area contributed by atoms with Crippen LogP contribution in [0.15, 0.2) is 0 Å². The molecule has 3 N–H and O–H groups in total. The van der Waals surface area contributed by atoms with Crippen molar-refractivity contribution in [2.45, 2.75) is 104 Å². The van der Waals surface area contributed by atoms with E-state index in [2.05, 4.69) is 59.3 Å². The second-order valence-corrected chi connectivity index (χ2v) is 13.1. The van der Waals surface area contributed by atoms with Crippen molar-refractivity contribution in [1.82, 2.24) is 10.6 Å². The van der Waals surface area contributed by atoms with Gasteiger partial charge in [-0.05, 0) is 111 Å². The number of hydrogen-bond donors (Lipinski definition) is 3. The Balaban J connectivity index is 0.00000218. The van der Waals surface area contributed by atoms with Gasteiger partial charge in [-0.2, -0.15) is 0 Å². The van der Waals surface area contributed by atoms with Gasteiger partial charge in [0.1, 0.15) is 0 Å². The zero-order valence-corrected chi connectivity index (χ0v) is 21.3. The second kappa shape index (κ2) is 6.84. The molecule has 0 aliphatic heterocycles. The second-order valence-electron chi connectivity index (χ2n) is 13.1. The van der Waals surface area contributed by atoms with Gasteiger partial charge in [-0.15, -0.1) is 12.4 Å². The van der Waals surface area contributed by atoms with Crippen LogP contribution < -0.4 is 10.6 Å². The highest BCUT2D eigenvalue weighted by atomic mass is 35.5. The maximum atomic E-state index is 11.3. The van der Waals surface area contributed by atoms with Crippen LogP contribution >= 0.6 is 12.4 Å². The highest BCUT2D eigenvalue weighted by Crippen LogP contribution is 2.88. The number of aliphatic hydroxyl groups excluding tert-OH is 1. The fourth-order valence-corrected chi connectivity index (χ4v) is 11.1.